The van der Waals surface area contributed by atoms with Crippen molar-refractivity contribution in [2.45, 2.75) is 0 Å². The Balaban J connectivity index is 2.44. The van der Waals surface area contributed by atoms with Gasteiger partial charge in [0, 0.05) is 10.6 Å². The highest BCUT2D eigenvalue weighted by molar-refractivity contribution is 6.30. The molecule has 2 aromatic rings. The minimum absolute atomic E-state index is 0.437. The predicted molar refractivity (Wildman–Crippen MR) is 65.6 cm³/mol. The first-order valence-corrected chi connectivity index (χ1v) is 5.15. The average molecular weight is 235 g/mol. The van der Waals surface area contributed by atoms with Crippen LogP contribution in [-0.4, -0.2) is 12.1 Å². The Morgan fingerprint density at radius 1 is 1.12 bits per heavy atom. The quantitative estimate of drug-likeness (QED) is 0.869. The molecule has 0 unspecified atom stereocenters. The molecule has 0 atom stereocenters. The van der Waals surface area contributed by atoms with E-state index in [4.69, 9.17) is 22.1 Å². The molecule has 0 spiro atoms. The molecular formula is C12H11ClN2O. The van der Waals surface area contributed by atoms with Crippen LogP contribution < -0.4 is 10.5 Å². The Labute approximate surface area is 98.8 Å². The number of nitrogen functional groups attached to an aromatic ring is 1. The van der Waals surface area contributed by atoms with Gasteiger partial charge in [-0.2, -0.15) is 0 Å². The van der Waals surface area contributed by atoms with Crippen LogP contribution in [0.1, 0.15) is 0 Å². The van der Waals surface area contributed by atoms with Crippen molar-refractivity contribution in [3.63, 3.8) is 0 Å². The van der Waals surface area contributed by atoms with Gasteiger partial charge in [-0.15, -0.1) is 0 Å². The Bertz CT molecular complexity index is 497. The number of benzene rings is 1. The maximum atomic E-state index is 5.82. The summed E-state index contributed by atoms with van der Waals surface area (Å²) >= 11 is 5.82. The zero-order valence-corrected chi connectivity index (χ0v) is 9.53. The number of nitrogens with two attached hydrogens (primary N) is 1. The summed E-state index contributed by atoms with van der Waals surface area (Å²) in [4.78, 5) is 4.30. The average Bonchev–Trinajstić information content (AvgIpc) is 2.31. The van der Waals surface area contributed by atoms with E-state index in [-0.39, 0.29) is 0 Å². The van der Waals surface area contributed by atoms with Crippen LogP contribution in [0.15, 0.2) is 36.4 Å². The number of aromatic nitrogens is 1. The summed E-state index contributed by atoms with van der Waals surface area (Å²) in [5.74, 6) is 0.437. The number of anilines is 1. The molecule has 0 saturated heterocycles. The third kappa shape index (κ3) is 2.09. The Hall–Kier alpha value is -1.74. The fourth-order valence-corrected chi connectivity index (χ4v) is 1.52. The van der Waals surface area contributed by atoms with Crippen molar-refractivity contribution in [2.24, 2.45) is 0 Å². The Kier molecular flexibility index (Phi) is 2.97. The SMILES string of the molecule is COc1nc(-c2ccc(Cl)cc2)ccc1N. The van der Waals surface area contributed by atoms with Gasteiger partial charge in [0.05, 0.1) is 18.5 Å². The van der Waals surface area contributed by atoms with Crippen molar-refractivity contribution >= 4 is 17.3 Å². The van der Waals surface area contributed by atoms with Gasteiger partial charge in [0.1, 0.15) is 0 Å². The second-order valence-corrected chi connectivity index (χ2v) is 3.74. The first-order chi connectivity index (χ1) is 7.70. The molecule has 2 rings (SSSR count). The highest BCUT2D eigenvalue weighted by atomic mass is 35.5. The molecule has 82 valence electrons. The number of rotatable bonds is 2. The van der Waals surface area contributed by atoms with Crippen LogP contribution in [0, 0.1) is 0 Å². The molecule has 0 aliphatic carbocycles. The van der Waals surface area contributed by atoms with Crippen LogP contribution in [0.2, 0.25) is 5.02 Å². The smallest absolute Gasteiger partial charge is 0.237 e. The number of hydrogen-bond donors (Lipinski definition) is 1. The Morgan fingerprint density at radius 3 is 2.44 bits per heavy atom. The molecule has 0 radical (unpaired) electrons. The standard InChI is InChI=1S/C12H11ClN2O/c1-16-12-10(14)6-7-11(15-12)8-2-4-9(13)5-3-8/h2-7H,14H2,1H3. The first-order valence-electron chi connectivity index (χ1n) is 4.77. The van der Waals surface area contributed by atoms with Gasteiger partial charge in [-0.3, -0.25) is 0 Å². The molecular weight excluding hydrogens is 224 g/mol. The molecule has 1 aromatic carbocycles. The molecule has 3 nitrogen and oxygen atoms in total. The maximum absolute atomic E-state index is 5.82. The summed E-state index contributed by atoms with van der Waals surface area (Å²) in [5.41, 5.74) is 8.00. The van der Waals surface area contributed by atoms with Gasteiger partial charge in [0.2, 0.25) is 5.88 Å². The molecule has 0 amide bonds. The summed E-state index contributed by atoms with van der Waals surface area (Å²) in [5, 5.41) is 0.700. The van der Waals surface area contributed by atoms with E-state index in [0.717, 1.165) is 11.3 Å². The van der Waals surface area contributed by atoms with Crippen LogP contribution in [-0.2, 0) is 0 Å². The van der Waals surface area contributed by atoms with E-state index >= 15 is 0 Å². The molecule has 0 saturated carbocycles. The molecule has 1 heterocycles. The van der Waals surface area contributed by atoms with Gasteiger partial charge in [-0.05, 0) is 24.3 Å². The highest BCUT2D eigenvalue weighted by Gasteiger charge is 2.04. The molecule has 1 aromatic heterocycles. The van der Waals surface area contributed by atoms with Crippen LogP contribution in [0.5, 0.6) is 5.88 Å². The molecule has 16 heavy (non-hydrogen) atoms. The van der Waals surface area contributed by atoms with Crippen LogP contribution in [0.25, 0.3) is 11.3 Å². The zero-order chi connectivity index (χ0) is 11.5. The largest absolute Gasteiger partial charge is 0.480 e. The third-order valence-corrected chi connectivity index (χ3v) is 2.48. The van der Waals surface area contributed by atoms with Crippen LogP contribution >= 0.6 is 11.6 Å². The second kappa shape index (κ2) is 4.41. The van der Waals surface area contributed by atoms with E-state index in [2.05, 4.69) is 4.98 Å². The molecule has 0 bridgehead atoms. The number of ether oxygens (including phenoxy) is 1. The number of pyridine rings is 1. The fourth-order valence-electron chi connectivity index (χ4n) is 1.40. The summed E-state index contributed by atoms with van der Waals surface area (Å²) in [6, 6.07) is 11.1. The summed E-state index contributed by atoms with van der Waals surface area (Å²) in [6.45, 7) is 0. The van der Waals surface area contributed by atoms with Gasteiger partial charge < -0.3 is 10.5 Å². The second-order valence-electron chi connectivity index (χ2n) is 3.30. The van der Waals surface area contributed by atoms with E-state index in [1.165, 1.54) is 0 Å². The maximum Gasteiger partial charge on any atom is 0.237 e. The molecule has 2 N–H and O–H groups in total. The van der Waals surface area contributed by atoms with Gasteiger partial charge in [-0.25, -0.2) is 4.98 Å². The highest BCUT2D eigenvalue weighted by Crippen LogP contribution is 2.25. The minimum Gasteiger partial charge on any atom is -0.480 e. The van der Waals surface area contributed by atoms with Crippen LogP contribution in [0.4, 0.5) is 5.69 Å². The topological polar surface area (TPSA) is 48.1 Å². The lowest BCUT2D eigenvalue weighted by molar-refractivity contribution is 0.401. The van der Waals surface area contributed by atoms with E-state index < -0.39 is 0 Å². The lowest BCUT2D eigenvalue weighted by Gasteiger charge is -2.06. The Morgan fingerprint density at radius 2 is 1.81 bits per heavy atom. The first kappa shape index (κ1) is 10.8. The van der Waals surface area contributed by atoms with Crippen molar-refractivity contribution in [1.29, 1.82) is 0 Å². The summed E-state index contributed by atoms with van der Waals surface area (Å²) in [6.07, 6.45) is 0. The van der Waals surface area contributed by atoms with Crippen molar-refractivity contribution in [2.75, 3.05) is 12.8 Å². The van der Waals surface area contributed by atoms with Crippen molar-refractivity contribution < 1.29 is 4.74 Å². The van der Waals surface area contributed by atoms with Crippen molar-refractivity contribution in [3.05, 3.63) is 41.4 Å². The van der Waals surface area contributed by atoms with Gasteiger partial charge in [0.15, 0.2) is 0 Å². The number of methoxy groups -OCH3 is 1. The normalized spacial score (nSPS) is 10.1. The number of halogens is 1. The van der Waals surface area contributed by atoms with Gasteiger partial charge in [0.25, 0.3) is 0 Å². The summed E-state index contributed by atoms with van der Waals surface area (Å²) < 4.78 is 5.07. The van der Waals surface area contributed by atoms with E-state index in [0.29, 0.717) is 16.6 Å². The van der Waals surface area contributed by atoms with Crippen LogP contribution in [0.3, 0.4) is 0 Å². The van der Waals surface area contributed by atoms with E-state index in [1.807, 2.05) is 30.3 Å². The molecule has 0 aliphatic heterocycles. The van der Waals surface area contributed by atoms with E-state index in [9.17, 15) is 0 Å². The third-order valence-electron chi connectivity index (χ3n) is 2.22. The lowest BCUT2D eigenvalue weighted by Crippen LogP contribution is -1.96. The van der Waals surface area contributed by atoms with Crippen molar-refractivity contribution in [3.8, 4) is 17.1 Å². The molecule has 0 fully saturated rings. The fraction of sp³-hybridized carbons (Fsp3) is 0.0833. The minimum atomic E-state index is 0.437. The zero-order valence-electron chi connectivity index (χ0n) is 8.77. The molecule has 0 aliphatic rings. The number of nitrogens with zero attached hydrogens (tertiary/aromatic N) is 1. The van der Waals surface area contributed by atoms with Crippen molar-refractivity contribution in [1.82, 2.24) is 4.98 Å². The van der Waals surface area contributed by atoms with E-state index in [1.54, 1.807) is 13.2 Å². The lowest BCUT2D eigenvalue weighted by atomic mass is 10.1. The monoisotopic (exact) mass is 234 g/mol. The van der Waals surface area contributed by atoms with Gasteiger partial charge >= 0.3 is 0 Å². The molecule has 4 heteroatoms. The number of hydrogen-bond acceptors (Lipinski definition) is 3. The van der Waals surface area contributed by atoms with Gasteiger partial charge in [-0.1, -0.05) is 23.7 Å². The summed E-state index contributed by atoms with van der Waals surface area (Å²) in [7, 11) is 1.55. The predicted octanol–water partition coefficient (Wildman–Crippen LogP) is 2.99.